The van der Waals surface area contributed by atoms with Gasteiger partial charge in [0.15, 0.2) is 6.04 Å². The van der Waals surface area contributed by atoms with Crippen LogP contribution in [0.5, 0.6) is 0 Å². The highest BCUT2D eigenvalue weighted by Crippen LogP contribution is 2.27. The molecule has 1 aromatic heterocycles. The highest BCUT2D eigenvalue weighted by atomic mass is 16.5. The SMILES string of the molecule is COC(=O)C(N=C(c1ccccc1)c1ccccc1)c1cnnc2ccccc12. The molecule has 0 bridgehead atoms. The van der Waals surface area contributed by atoms with Crippen LogP contribution >= 0.6 is 0 Å². The third kappa shape index (κ3) is 3.89. The van der Waals surface area contributed by atoms with Gasteiger partial charge in [0.1, 0.15) is 0 Å². The van der Waals surface area contributed by atoms with Crippen molar-refractivity contribution in [1.29, 1.82) is 0 Å². The molecule has 29 heavy (non-hydrogen) atoms. The summed E-state index contributed by atoms with van der Waals surface area (Å²) in [5, 5.41) is 9.05. The Balaban J connectivity index is 1.94. The molecule has 0 fully saturated rings. The second kappa shape index (κ2) is 8.44. The number of carbonyl (C=O) groups is 1. The summed E-state index contributed by atoms with van der Waals surface area (Å²) in [6.45, 7) is 0. The maximum absolute atomic E-state index is 12.8. The van der Waals surface area contributed by atoms with Gasteiger partial charge in [-0.2, -0.15) is 10.2 Å². The highest BCUT2D eigenvalue weighted by molar-refractivity contribution is 6.13. The normalized spacial score (nSPS) is 11.6. The minimum absolute atomic E-state index is 0.451. The summed E-state index contributed by atoms with van der Waals surface area (Å²) in [6.07, 6.45) is 1.58. The van der Waals surface area contributed by atoms with E-state index in [1.165, 1.54) is 7.11 Å². The fourth-order valence-electron chi connectivity index (χ4n) is 3.24. The molecule has 0 saturated carbocycles. The zero-order chi connectivity index (χ0) is 20.1. The number of methoxy groups -OCH3 is 1. The molecule has 0 amide bonds. The van der Waals surface area contributed by atoms with Crippen molar-refractivity contribution in [3.8, 4) is 0 Å². The molecule has 0 aliphatic rings. The van der Waals surface area contributed by atoms with Gasteiger partial charge in [0.25, 0.3) is 0 Å². The Labute approximate surface area is 168 Å². The van der Waals surface area contributed by atoms with Crippen LogP contribution in [0.3, 0.4) is 0 Å². The summed E-state index contributed by atoms with van der Waals surface area (Å²) < 4.78 is 5.09. The molecular formula is C24H19N3O2. The smallest absolute Gasteiger partial charge is 0.335 e. The van der Waals surface area contributed by atoms with Crippen LogP contribution in [0.2, 0.25) is 0 Å². The molecule has 0 aliphatic carbocycles. The minimum Gasteiger partial charge on any atom is -0.467 e. The molecule has 0 aliphatic heterocycles. The van der Waals surface area contributed by atoms with Gasteiger partial charge in [-0.1, -0.05) is 78.9 Å². The number of aliphatic imine (C=N–C) groups is 1. The first-order valence-electron chi connectivity index (χ1n) is 9.24. The van der Waals surface area contributed by atoms with Crippen molar-refractivity contribution < 1.29 is 9.53 Å². The summed E-state index contributed by atoms with van der Waals surface area (Å²) in [5.41, 5.74) is 3.90. The van der Waals surface area contributed by atoms with Gasteiger partial charge in [-0.15, -0.1) is 0 Å². The number of hydrogen-bond acceptors (Lipinski definition) is 5. The van der Waals surface area contributed by atoms with Crippen LogP contribution in [0.15, 0.2) is 96.1 Å². The molecule has 0 N–H and O–H groups in total. The molecule has 4 aromatic rings. The second-order valence-corrected chi connectivity index (χ2v) is 6.45. The first kappa shape index (κ1) is 18.5. The van der Waals surface area contributed by atoms with E-state index in [9.17, 15) is 4.79 Å². The summed E-state index contributed by atoms with van der Waals surface area (Å²) >= 11 is 0. The van der Waals surface area contributed by atoms with Gasteiger partial charge in [-0.05, 0) is 6.07 Å². The number of hydrogen-bond donors (Lipinski definition) is 0. The molecule has 1 atom stereocenters. The van der Waals surface area contributed by atoms with E-state index in [0.717, 1.165) is 16.5 Å². The molecule has 0 spiro atoms. The minimum atomic E-state index is -0.865. The largest absolute Gasteiger partial charge is 0.467 e. The van der Waals surface area contributed by atoms with Crippen LogP contribution in [0.25, 0.3) is 10.9 Å². The lowest BCUT2D eigenvalue weighted by molar-refractivity contribution is -0.142. The van der Waals surface area contributed by atoms with E-state index in [4.69, 9.17) is 9.73 Å². The average Bonchev–Trinajstić information content (AvgIpc) is 2.80. The summed E-state index contributed by atoms with van der Waals surface area (Å²) in [4.78, 5) is 17.7. The fourth-order valence-corrected chi connectivity index (χ4v) is 3.24. The lowest BCUT2D eigenvalue weighted by atomic mass is 10.00. The third-order valence-corrected chi connectivity index (χ3v) is 4.65. The summed E-state index contributed by atoms with van der Waals surface area (Å²) in [7, 11) is 1.37. The van der Waals surface area contributed by atoms with E-state index in [1.54, 1.807) is 6.20 Å². The lowest BCUT2D eigenvalue weighted by Gasteiger charge is -2.16. The van der Waals surface area contributed by atoms with Gasteiger partial charge in [0, 0.05) is 22.1 Å². The second-order valence-electron chi connectivity index (χ2n) is 6.45. The monoisotopic (exact) mass is 381 g/mol. The van der Waals surface area contributed by atoms with Crippen molar-refractivity contribution >= 4 is 22.6 Å². The molecule has 1 unspecified atom stereocenters. The van der Waals surface area contributed by atoms with Crippen molar-refractivity contribution in [3.05, 3.63) is 108 Å². The van der Waals surface area contributed by atoms with E-state index in [2.05, 4.69) is 10.2 Å². The Hall–Kier alpha value is -3.86. The molecule has 4 rings (SSSR count). The predicted molar refractivity (Wildman–Crippen MR) is 113 cm³/mol. The van der Waals surface area contributed by atoms with Crippen LogP contribution in [-0.4, -0.2) is 29.0 Å². The predicted octanol–water partition coefficient (Wildman–Crippen LogP) is 4.38. The quantitative estimate of drug-likeness (QED) is 0.380. The Morgan fingerprint density at radius 2 is 1.45 bits per heavy atom. The van der Waals surface area contributed by atoms with E-state index >= 15 is 0 Å². The van der Waals surface area contributed by atoms with Crippen molar-refractivity contribution in [2.24, 2.45) is 4.99 Å². The number of aromatic nitrogens is 2. The van der Waals surface area contributed by atoms with Gasteiger partial charge < -0.3 is 4.74 Å². The molecule has 0 saturated heterocycles. The van der Waals surface area contributed by atoms with Crippen molar-refractivity contribution in [2.75, 3.05) is 7.11 Å². The van der Waals surface area contributed by atoms with Crippen LogP contribution in [0.1, 0.15) is 22.7 Å². The van der Waals surface area contributed by atoms with Crippen molar-refractivity contribution in [1.82, 2.24) is 10.2 Å². The van der Waals surface area contributed by atoms with Crippen LogP contribution < -0.4 is 0 Å². The summed E-state index contributed by atoms with van der Waals surface area (Å²) in [5.74, 6) is -0.451. The van der Waals surface area contributed by atoms with Crippen LogP contribution in [0, 0.1) is 0 Å². The topological polar surface area (TPSA) is 64.4 Å². The van der Waals surface area contributed by atoms with Gasteiger partial charge in [0.2, 0.25) is 0 Å². The first-order valence-corrected chi connectivity index (χ1v) is 9.24. The Morgan fingerprint density at radius 1 is 0.862 bits per heavy atom. The Bertz CT molecular complexity index is 1110. The van der Waals surface area contributed by atoms with E-state index < -0.39 is 12.0 Å². The fraction of sp³-hybridized carbons (Fsp3) is 0.0833. The van der Waals surface area contributed by atoms with Crippen molar-refractivity contribution in [2.45, 2.75) is 6.04 Å². The third-order valence-electron chi connectivity index (χ3n) is 4.65. The molecule has 1 heterocycles. The maximum Gasteiger partial charge on any atom is 0.335 e. The van der Waals surface area contributed by atoms with Crippen molar-refractivity contribution in [3.63, 3.8) is 0 Å². The van der Waals surface area contributed by atoms with Gasteiger partial charge in [0.05, 0.1) is 24.5 Å². The number of esters is 1. The molecule has 3 aromatic carbocycles. The average molecular weight is 381 g/mol. The summed E-state index contributed by atoms with van der Waals surface area (Å²) in [6, 6.07) is 26.3. The number of rotatable bonds is 5. The molecule has 5 heteroatoms. The molecule has 5 nitrogen and oxygen atoms in total. The number of nitrogens with zero attached hydrogens (tertiary/aromatic N) is 3. The van der Waals surface area contributed by atoms with Gasteiger partial charge in [-0.25, -0.2) is 4.79 Å². The maximum atomic E-state index is 12.8. The zero-order valence-electron chi connectivity index (χ0n) is 15.9. The number of carbonyl (C=O) groups excluding carboxylic acids is 1. The van der Waals surface area contributed by atoms with Crippen LogP contribution in [0.4, 0.5) is 0 Å². The Kier molecular flexibility index (Phi) is 5.38. The molecular weight excluding hydrogens is 362 g/mol. The van der Waals surface area contributed by atoms with Gasteiger partial charge >= 0.3 is 5.97 Å². The first-order chi connectivity index (χ1) is 14.3. The Morgan fingerprint density at radius 3 is 2.07 bits per heavy atom. The number of ether oxygens (including phenoxy) is 1. The number of fused-ring (bicyclic) bond motifs is 1. The highest BCUT2D eigenvalue weighted by Gasteiger charge is 2.25. The molecule has 142 valence electrons. The zero-order valence-corrected chi connectivity index (χ0v) is 15.9. The van der Waals surface area contributed by atoms with Gasteiger partial charge in [-0.3, -0.25) is 4.99 Å². The van der Waals surface area contributed by atoms with Crippen LogP contribution in [-0.2, 0) is 9.53 Å². The molecule has 0 radical (unpaired) electrons. The van der Waals surface area contributed by atoms with E-state index in [-0.39, 0.29) is 0 Å². The number of benzene rings is 3. The van der Waals surface area contributed by atoms with E-state index in [0.29, 0.717) is 16.8 Å². The standard InChI is InChI=1S/C24H19N3O2/c1-29-24(28)23(20-16-25-27-21-15-9-8-14-19(20)21)26-22(17-10-4-2-5-11-17)18-12-6-3-7-13-18/h2-16,23H,1H3. The van der Waals surface area contributed by atoms with E-state index in [1.807, 2.05) is 84.9 Å². The lowest BCUT2D eigenvalue weighted by Crippen LogP contribution is -2.16.